The zero-order chi connectivity index (χ0) is 18.3. The lowest BCUT2D eigenvalue weighted by Gasteiger charge is -2.03. The molecule has 0 amide bonds. The molecule has 7 heteroatoms. The second kappa shape index (κ2) is 6.20. The number of carbonyl (C=O) groups is 1. The van der Waals surface area contributed by atoms with Crippen LogP contribution in [-0.4, -0.2) is 20.4 Å². The SMILES string of the molecule is Cc1ccc(-c2nn3c(N)c(C=C4C=CC(=O)C=C4)c(=O)nc3s2)cc1. The lowest BCUT2D eigenvalue weighted by atomic mass is 10.1. The Morgan fingerprint density at radius 2 is 1.77 bits per heavy atom. The van der Waals surface area contributed by atoms with E-state index in [1.54, 1.807) is 18.2 Å². The molecular weight excluding hydrogens is 348 g/mol. The van der Waals surface area contributed by atoms with E-state index in [2.05, 4.69) is 10.1 Å². The molecule has 0 spiro atoms. The molecule has 0 unspecified atom stereocenters. The van der Waals surface area contributed by atoms with Gasteiger partial charge in [0.25, 0.3) is 5.56 Å². The summed E-state index contributed by atoms with van der Waals surface area (Å²) in [7, 11) is 0. The van der Waals surface area contributed by atoms with Crippen molar-refractivity contribution in [1.82, 2.24) is 14.6 Å². The number of ketones is 1. The summed E-state index contributed by atoms with van der Waals surface area (Å²) in [5, 5.41) is 5.24. The number of benzene rings is 1. The lowest BCUT2D eigenvalue weighted by molar-refractivity contribution is -0.110. The van der Waals surface area contributed by atoms with Crippen molar-refractivity contribution >= 4 is 34.0 Å². The van der Waals surface area contributed by atoms with Crippen LogP contribution in [0.1, 0.15) is 11.1 Å². The standard InChI is InChI=1S/C19H14N4O2S/c1-11-2-6-13(7-3-11)18-22-23-16(20)15(17(25)21-19(23)26-18)10-12-4-8-14(24)9-5-12/h2-10H,20H2,1H3. The first-order chi connectivity index (χ1) is 12.5. The molecule has 2 heterocycles. The van der Waals surface area contributed by atoms with E-state index in [1.165, 1.54) is 28.0 Å². The predicted molar refractivity (Wildman–Crippen MR) is 103 cm³/mol. The highest BCUT2D eigenvalue weighted by molar-refractivity contribution is 7.19. The first kappa shape index (κ1) is 16.2. The number of nitrogens with zero attached hydrogens (tertiary/aromatic N) is 3. The summed E-state index contributed by atoms with van der Waals surface area (Å²) in [4.78, 5) is 28.2. The molecule has 128 valence electrons. The van der Waals surface area contributed by atoms with Crippen LogP contribution in [0.2, 0.25) is 0 Å². The van der Waals surface area contributed by atoms with Crippen molar-refractivity contribution < 1.29 is 4.79 Å². The molecule has 0 radical (unpaired) electrons. The van der Waals surface area contributed by atoms with Gasteiger partial charge in [-0.3, -0.25) is 9.59 Å². The number of hydrogen-bond acceptors (Lipinski definition) is 6. The molecule has 6 nitrogen and oxygen atoms in total. The molecular formula is C19H14N4O2S. The third-order valence-electron chi connectivity index (χ3n) is 3.98. The first-order valence-electron chi connectivity index (χ1n) is 7.89. The van der Waals surface area contributed by atoms with Gasteiger partial charge in [0.15, 0.2) is 5.78 Å². The number of allylic oxidation sites excluding steroid dienone is 5. The van der Waals surface area contributed by atoms with Crippen LogP contribution in [0.3, 0.4) is 0 Å². The molecule has 0 saturated carbocycles. The Labute approximate surface area is 152 Å². The Kier molecular flexibility index (Phi) is 3.85. The summed E-state index contributed by atoms with van der Waals surface area (Å²) in [5.41, 5.74) is 8.81. The number of aromatic nitrogens is 3. The quantitative estimate of drug-likeness (QED) is 0.757. The van der Waals surface area contributed by atoms with E-state index in [1.807, 2.05) is 31.2 Å². The summed E-state index contributed by atoms with van der Waals surface area (Å²) >= 11 is 1.31. The summed E-state index contributed by atoms with van der Waals surface area (Å²) < 4.78 is 1.48. The van der Waals surface area contributed by atoms with Crippen LogP contribution in [0.25, 0.3) is 21.6 Å². The van der Waals surface area contributed by atoms with Gasteiger partial charge >= 0.3 is 0 Å². The largest absolute Gasteiger partial charge is 0.383 e. The summed E-state index contributed by atoms with van der Waals surface area (Å²) in [6.45, 7) is 2.02. The van der Waals surface area contributed by atoms with Gasteiger partial charge in [0.05, 0.1) is 5.56 Å². The fraction of sp³-hybridized carbons (Fsp3) is 0.0526. The number of nitrogens with two attached hydrogens (primary N) is 1. The van der Waals surface area contributed by atoms with Crippen LogP contribution >= 0.6 is 11.3 Å². The number of rotatable bonds is 2. The molecule has 0 bridgehead atoms. The van der Waals surface area contributed by atoms with Gasteiger partial charge in [0.2, 0.25) is 4.96 Å². The number of fused-ring (bicyclic) bond motifs is 1. The number of carbonyl (C=O) groups excluding carboxylic acids is 1. The topological polar surface area (TPSA) is 90.4 Å². The molecule has 1 aromatic carbocycles. The second-order valence-corrected chi connectivity index (χ2v) is 6.85. The van der Waals surface area contributed by atoms with Gasteiger partial charge in [-0.15, -0.1) is 0 Å². The molecule has 26 heavy (non-hydrogen) atoms. The Morgan fingerprint density at radius 3 is 2.46 bits per heavy atom. The lowest BCUT2D eigenvalue weighted by Crippen LogP contribution is -2.16. The van der Waals surface area contributed by atoms with Crippen molar-refractivity contribution in [2.75, 3.05) is 5.73 Å². The fourth-order valence-electron chi connectivity index (χ4n) is 2.56. The van der Waals surface area contributed by atoms with E-state index in [0.29, 0.717) is 10.5 Å². The first-order valence-corrected chi connectivity index (χ1v) is 8.71. The van der Waals surface area contributed by atoms with Gasteiger partial charge in [0.1, 0.15) is 10.8 Å². The third kappa shape index (κ3) is 2.89. The van der Waals surface area contributed by atoms with Gasteiger partial charge < -0.3 is 5.73 Å². The van der Waals surface area contributed by atoms with Gasteiger partial charge in [-0.2, -0.15) is 14.6 Å². The van der Waals surface area contributed by atoms with Crippen molar-refractivity contribution in [2.24, 2.45) is 0 Å². The molecule has 0 aliphatic heterocycles. The summed E-state index contributed by atoms with van der Waals surface area (Å²) in [6.07, 6.45) is 7.75. The Bertz CT molecular complexity index is 1160. The van der Waals surface area contributed by atoms with Crippen molar-refractivity contribution in [1.29, 1.82) is 0 Å². The minimum atomic E-state index is -0.423. The van der Waals surface area contributed by atoms with E-state index in [4.69, 9.17) is 5.73 Å². The summed E-state index contributed by atoms with van der Waals surface area (Å²) in [6, 6.07) is 7.94. The molecule has 2 aromatic heterocycles. The van der Waals surface area contributed by atoms with Crippen LogP contribution in [0.5, 0.6) is 0 Å². The fourth-order valence-corrected chi connectivity index (χ4v) is 3.46. The highest BCUT2D eigenvalue weighted by atomic mass is 32.1. The van der Waals surface area contributed by atoms with Crippen LogP contribution < -0.4 is 11.3 Å². The van der Waals surface area contributed by atoms with E-state index in [0.717, 1.165) is 16.1 Å². The van der Waals surface area contributed by atoms with Crippen molar-refractivity contribution in [3.8, 4) is 10.6 Å². The van der Waals surface area contributed by atoms with Crippen LogP contribution in [0.4, 0.5) is 5.82 Å². The molecule has 0 fully saturated rings. The van der Waals surface area contributed by atoms with E-state index < -0.39 is 5.56 Å². The van der Waals surface area contributed by atoms with Crippen molar-refractivity contribution in [3.05, 3.63) is 75.6 Å². The summed E-state index contributed by atoms with van der Waals surface area (Å²) in [5.74, 6) is 0.128. The van der Waals surface area contributed by atoms with Gasteiger partial charge in [-0.25, -0.2) is 0 Å². The third-order valence-corrected chi connectivity index (χ3v) is 4.94. The average Bonchev–Trinajstić information content (AvgIpc) is 3.05. The van der Waals surface area contributed by atoms with E-state index in [9.17, 15) is 9.59 Å². The van der Waals surface area contributed by atoms with Gasteiger partial charge in [-0.05, 0) is 30.7 Å². The minimum absolute atomic E-state index is 0.0948. The number of nitrogen functional groups attached to an aromatic ring is 1. The maximum absolute atomic E-state index is 12.4. The molecule has 3 aromatic rings. The molecule has 1 aliphatic carbocycles. The highest BCUT2D eigenvalue weighted by Gasteiger charge is 2.14. The Balaban J connectivity index is 1.84. The highest BCUT2D eigenvalue weighted by Crippen LogP contribution is 2.27. The zero-order valence-electron chi connectivity index (χ0n) is 13.8. The molecule has 0 atom stereocenters. The number of hydrogen-bond donors (Lipinski definition) is 1. The maximum Gasteiger partial charge on any atom is 0.283 e. The minimum Gasteiger partial charge on any atom is -0.383 e. The van der Waals surface area contributed by atoms with Crippen molar-refractivity contribution in [2.45, 2.75) is 6.92 Å². The number of aryl methyl sites for hydroxylation is 1. The molecule has 4 rings (SSSR count). The zero-order valence-corrected chi connectivity index (χ0v) is 14.7. The van der Waals surface area contributed by atoms with E-state index in [-0.39, 0.29) is 17.2 Å². The van der Waals surface area contributed by atoms with Crippen molar-refractivity contribution in [3.63, 3.8) is 0 Å². The predicted octanol–water partition coefficient (Wildman–Crippen LogP) is 2.79. The molecule has 0 saturated heterocycles. The van der Waals surface area contributed by atoms with Gasteiger partial charge in [0, 0.05) is 5.56 Å². The smallest absolute Gasteiger partial charge is 0.283 e. The molecule has 1 aliphatic rings. The maximum atomic E-state index is 12.4. The monoisotopic (exact) mass is 362 g/mol. The molecule has 2 N–H and O–H groups in total. The number of anilines is 1. The van der Waals surface area contributed by atoms with Gasteiger partial charge in [-0.1, -0.05) is 53.3 Å². The van der Waals surface area contributed by atoms with Crippen LogP contribution in [-0.2, 0) is 4.79 Å². The average molecular weight is 362 g/mol. The second-order valence-electron chi connectivity index (χ2n) is 5.90. The Morgan fingerprint density at radius 1 is 1.08 bits per heavy atom. The normalized spacial score (nSPS) is 13.6. The van der Waals surface area contributed by atoms with Crippen LogP contribution in [0, 0.1) is 6.92 Å². The van der Waals surface area contributed by atoms with Crippen LogP contribution in [0.15, 0.2) is 58.9 Å². The Hall–Kier alpha value is -3.32. The van der Waals surface area contributed by atoms with E-state index >= 15 is 0 Å².